The van der Waals surface area contributed by atoms with Crippen LogP contribution in [0.4, 0.5) is 14.5 Å². The van der Waals surface area contributed by atoms with Crippen molar-refractivity contribution in [1.29, 1.82) is 0 Å². The summed E-state index contributed by atoms with van der Waals surface area (Å²) in [5.74, 6) is -2.35. The molecule has 1 unspecified atom stereocenters. The third-order valence-corrected chi connectivity index (χ3v) is 4.04. The molecule has 0 aromatic heterocycles. The average Bonchev–Trinajstić information content (AvgIpc) is 2.63. The maximum absolute atomic E-state index is 13.2. The van der Waals surface area contributed by atoms with Gasteiger partial charge in [-0.25, -0.2) is 8.78 Å². The summed E-state index contributed by atoms with van der Waals surface area (Å²) in [6, 6.07) is 10.3. The zero-order valence-corrected chi connectivity index (χ0v) is 14.3. The van der Waals surface area contributed by atoms with Gasteiger partial charge >= 0.3 is 0 Å². The predicted octanol–water partition coefficient (Wildman–Crippen LogP) is 3.27. The molecule has 0 radical (unpaired) electrons. The highest BCUT2D eigenvalue weighted by Crippen LogP contribution is 2.17. The highest BCUT2D eigenvalue weighted by molar-refractivity contribution is 5.94. The average molecular weight is 348 g/mol. The number of carbonyl (C=O) groups excluding carboxylic acids is 1. The molecule has 2 rings (SSSR count). The fourth-order valence-corrected chi connectivity index (χ4v) is 2.54. The Morgan fingerprint density at radius 3 is 2.28 bits per heavy atom. The fourth-order valence-electron chi connectivity index (χ4n) is 2.54. The van der Waals surface area contributed by atoms with Crippen LogP contribution in [-0.4, -0.2) is 30.6 Å². The van der Waals surface area contributed by atoms with Crippen LogP contribution in [0, 0.1) is 11.6 Å². The molecule has 1 atom stereocenters. The number of benzene rings is 2. The number of anilines is 1. The second-order valence-electron chi connectivity index (χ2n) is 5.62. The standard InChI is InChI=1S/C19H22F2N2O2/c1-3-23(4-2)15-8-5-13(6-9-15)19(25)22-12-18(24)14-7-10-16(20)17(21)11-14/h5-11,18,24H,3-4,12H2,1-2H3,(H,22,25). The summed E-state index contributed by atoms with van der Waals surface area (Å²) in [4.78, 5) is 14.3. The fraction of sp³-hybridized carbons (Fsp3) is 0.316. The Hall–Kier alpha value is -2.47. The van der Waals surface area contributed by atoms with Gasteiger partial charge in [-0.05, 0) is 55.8 Å². The number of nitrogens with one attached hydrogen (secondary N) is 1. The third kappa shape index (κ3) is 4.76. The molecule has 0 fully saturated rings. The van der Waals surface area contributed by atoms with Gasteiger partial charge in [0.1, 0.15) is 0 Å². The number of halogens is 2. The summed E-state index contributed by atoms with van der Waals surface area (Å²) in [6.07, 6.45) is -1.12. The van der Waals surface area contributed by atoms with E-state index in [1.807, 2.05) is 12.1 Å². The first kappa shape index (κ1) is 18.9. The Morgan fingerprint density at radius 1 is 1.08 bits per heavy atom. The molecule has 0 aliphatic carbocycles. The number of nitrogens with zero attached hydrogens (tertiary/aromatic N) is 1. The van der Waals surface area contributed by atoms with Gasteiger partial charge in [0.15, 0.2) is 11.6 Å². The number of carbonyl (C=O) groups is 1. The Bertz CT molecular complexity index is 716. The van der Waals surface area contributed by atoms with E-state index < -0.39 is 17.7 Å². The molecule has 0 saturated carbocycles. The van der Waals surface area contributed by atoms with E-state index in [2.05, 4.69) is 24.1 Å². The largest absolute Gasteiger partial charge is 0.387 e. The van der Waals surface area contributed by atoms with Crippen LogP contribution in [0.5, 0.6) is 0 Å². The Morgan fingerprint density at radius 2 is 1.72 bits per heavy atom. The lowest BCUT2D eigenvalue weighted by Gasteiger charge is -2.21. The number of amides is 1. The van der Waals surface area contributed by atoms with Crippen molar-refractivity contribution in [3.05, 3.63) is 65.2 Å². The minimum atomic E-state index is -1.12. The van der Waals surface area contributed by atoms with Crippen molar-refractivity contribution in [3.8, 4) is 0 Å². The minimum absolute atomic E-state index is 0.0955. The molecular weight excluding hydrogens is 326 g/mol. The minimum Gasteiger partial charge on any atom is -0.387 e. The second-order valence-corrected chi connectivity index (χ2v) is 5.62. The van der Waals surface area contributed by atoms with E-state index in [9.17, 15) is 18.7 Å². The van der Waals surface area contributed by atoms with Crippen molar-refractivity contribution in [2.45, 2.75) is 20.0 Å². The van der Waals surface area contributed by atoms with Crippen LogP contribution < -0.4 is 10.2 Å². The maximum Gasteiger partial charge on any atom is 0.251 e. The number of aliphatic hydroxyl groups is 1. The summed E-state index contributed by atoms with van der Waals surface area (Å²) in [5.41, 5.74) is 1.70. The van der Waals surface area contributed by atoms with E-state index in [4.69, 9.17) is 0 Å². The first-order valence-electron chi connectivity index (χ1n) is 8.22. The van der Waals surface area contributed by atoms with Crippen LogP contribution in [0.2, 0.25) is 0 Å². The van der Waals surface area contributed by atoms with Gasteiger partial charge in [-0.2, -0.15) is 0 Å². The molecule has 0 heterocycles. The molecule has 1 amide bonds. The summed E-state index contributed by atoms with van der Waals surface area (Å²) in [5, 5.41) is 12.6. The van der Waals surface area contributed by atoms with Gasteiger partial charge in [0.25, 0.3) is 5.91 Å². The Balaban J connectivity index is 1.96. The quantitative estimate of drug-likeness (QED) is 0.807. The van der Waals surface area contributed by atoms with E-state index in [1.165, 1.54) is 6.07 Å². The number of hydrogen-bond donors (Lipinski definition) is 2. The van der Waals surface area contributed by atoms with E-state index in [0.29, 0.717) is 5.56 Å². The second kappa shape index (κ2) is 8.58. The van der Waals surface area contributed by atoms with Gasteiger partial charge in [0.05, 0.1) is 6.10 Å². The van der Waals surface area contributed by atoms with Gasteiger partial charge in [-0.3, -0.25) is 4.79 Å². The lowest BCUT2D eigenvalue weighted by molar-refractivity contribution is 0.0916. The first-order chi connectivity index (χ1) is 12.0. The molecule has 2 N–H and O–H groups in total. The van der Waals surface area contributed by atoms with Crippen LogP contribution in [0.1, 0.15) is 35.9 Å². The van der Waals surface area contributed by atoms with E-state index in [0.717, 1.165) is 30.9 Å². The van der Waals surface area contributed by atoms with Crippen molar-refractivity contribution in [2.75, 3.05) is 24.5 Å². The van der Waals surface area contributed by atoms with E-state index >= 15 is 0 Å². The van der Waals surface area contributed by atoms with E-state index in [1.54, 1.807) is 12.1 Å². The van der Waals surface area contributed by atoms with Crippen molar-refractivity contribution in [3.63, 3.8) is 0 Å². The molecule has 0 bridgehead atoms. The molecule has 25 heavy (non-hydrogen) atoms. The summed E-state index contributed by atoms with van der Waals surface area (Å²) in [7, 11) is 0. The zero-order chi connectivity index (χ0) is 18.4. The van der Waals surface area contributed by atoms with Crippen LogP contribution in [0.3, 0.4) is 0 Å². The monoisotopic (exact) mass is 348 g/mol. The molecule has 4 nitrogen and oxygen atoms in total. The maximum atomic E-state index is 13.2. The molecule has 0 saturated heterocycles. The number of rotatable bonds is 7. The van der Waals surface area contributed by atoms with Gasteiger partial charge in [0.2, 0.25) is 0 Å². The lowest BCUT2D eigenvalue weighted by Crippen LogP contribution is -2.28. The molecule has 0 aliphatic heterocycles. The topological polar surface area (TPSA) is 52.6 Å². The molecule has 0 aliphatic rings. The summed E-state index contributed by atoms with van der Waals surface area (Å²) >= 11 is 0. The van der Waals surface area contributed by atoms with Gasteiger partial charge in [-0.1, -0.05) is 6.07 Å². The number of hydrogen-bond acceptors (Lipinski definition) is 3. The number of aliphatic hydroxyl groups excluding tert-OH is 1. The Kier molecular flexibility index (Phi) is 6.47. The van der Waals surface area contributed by atoms with Crippen LogP contribution in [-0.2, 0) is 0 Å². The zero-order valence-electron chi connectivity index (χ0n) is 14.3. The van der Waals surface area contributed by atoms with Crippen LogP contribution >= 0.6 is 0 Å². The molecule has 134 valence electrons. The van der Waals surface area contributed by atoms with Gasteiger partial charge < -0.3 is 15.3 Å². The summed E-state index contributed by atoms with van der Waals surface area (Å²) < 4.78 is 26.1. The highest BCUT2D eigenvalue weighted by Gasteiger charge is 2.13. The van der Waals surface area contributed by atoms with E-state index in [-0.39, 0.29) is 18.0 Å². The Labute approximate surface area is 146 Å². The lowest BCUT2D eigenvalue weighted by atomic mass is 10.1. The normalized spacial score (nSPS) is 11.9. The SMILES string of the molecule is CCN(CC)c1ccc(C(=O)NCC(O)c2ccc(F)c(F)c2)cc1. The van der Waals surface area contributed by atoms with Crippen molar-refractivity contribution in [1.82, 2.24) is 5.32 Å². The molecule has 2 aromatic carbocycles. The van der Waals surface area contributed by atoms with Crippen LogP contribution in [0.25, 0.3) is 0 Å². The first-order valence-corrected chi connectivity index (χ1v) is 8.22. The predicted molar refractivity (Wildman–Crippen MR) is 93.7 cm³/mol. The van der Waals surface area contributed by atoms with Crippen molar-refractivity contribution < 1.29 is 18.7 Å². The summed E-state index contributed by atoms with van der Waals surface area (Å²) in [6.45, 7) is 5.78. The highest BCUT2D eigenvalue weighted by atomic mass is 19.2. The third-order valence-electron chi connectivity index (χ3n) is 4.04. The van der Waals surface area contributed by atoms with Crippen molar-refractivity contribution >= 4 is 11.6 Å². The molecular formula is C19H22F2N2O2. The van der Waals surface area contributed by atoms with Gasteiger partial charge in [0, 0.05) is 30.9 Å². The molecule has 0 spiro atoms. The van der Waals surface area contributed by atoms with Crippen molar-refractivity contribution in [2.24, 2.45) is 0 Å². The molecule has 6 heteroatoms. The molecule has 2 aromatic rings. The smallest absolute Gasteiger partial charge is 0.251 e. The van der Waals surface area contributed by atoms with Gasteiger partial charge in [-0.15, -0.1) is 0 Å². The van der Waals surface area contributed by atoms with Crippen LogP contribution in [0.15, 0.2) is 42.5 Å².